The maximum atomic E-state index is 11.0. The van der Waals surface area contributed by atoms with Gasteiger partial charge in [0.15, 0.2) is 0 Å². The number of hydrogen-bond donors (Lipinski definition) is 0. The molecule has 94 valence electrons. The lowest BCUT2D eigenvalue weighted by Gasteiger charge is -2.20. The summed E-state index contributed by atoms with van der Waals surface area (Å²) in [4.78, 5) is 31.9. The lowest BCUT2D eigenvalue weighted by atomic mass is 10.1. The SMILES string of the molecule is O=C1CC(Oc2ccc([N+](=O)[O-])cc2)CC(=O)O1. The monoisotopic (exact) mass is 251 g/mol. The quantitative estimate of drug-likeness (QED) is 0.346. The average Bonchev–Trinajstić information content (AvgIpc) is 2.28. The second-order valence-corrected chi connectivity index (χ2v) is 3.75. The Kier molecular flexibility index (Phi) is 3.22. The van der Waals surface area contributed by atoms with Crippen molar-refractivity contribution in [3.63, 3.8) is 0 Å². The first kappa shape index (κ1) is 12.0. The van der Waals surface area contributed by atoms with Gasteiger partial charge < -0.3 is 9.47 Å². The van der Waals surface area contributed by atoms with Gasteiger partial charge >= 0.3 is 11.9 Å². The summed E-state index contributed by atoms with van der Waals surface area (Å²) in [6.45, 7) is 0. The van der Waals surface area contributed by atoms with Crippen LogP contribution in [0.25, 0.3) is 0 Å². The largest absolute Gasteiger partial charge is 0.489 e. The van der Waals surface area contributed by atoms with Gasteiger partial charge in [-0.3, -0.25) is 19.7 Å². The number of hydrogen-bond acceptors (Lipinski definition) is 6. The highest BCUT2D eigenvalue weighted by Gasteiger charge is 2.28. The molecule has 0 saturated carbocycles. The molecule has 1 fully saturated rings. The number of ether oxygens (including phenoxy) is 2. The van der Waals surface area contributed by atoms with E-state index in [1.54, 1.807) is 0 Å². The van der Waals surface area contributed by atoms with E-state index in [-0.39, 0.29) is 18.5 Å². The number of nitro benzene ring substituents is 1. The maximum Gasteiger partial charge on any atom is 0.317 e. The van der Waals surface area contributed by atoms with Crippen molar-refractivity contribution in [3.05, 3.63) is 34.4 Å². The third-order valence-corrected chi connectivity index (χ3v) is 2.37. The Morgan fingerprint density at radius 3 is 2.22 bits per heavy atom. The molecule has 0 bridgehead atoms. The Balaban J connectivity index is 2.02. The van der Waals surface area contributed by atoms with Crippen LogP contribution in [0.15, 0.2) is 24.3 Å². The third-order valence-electron chi connectivity index (χ3n) is 2.37. The molecule has 1 aliphatic rings. The molecule has 1 aliphatic heterocycles. The Morgan fingerprint density at radius 1 is 1.17 bits per heavy atom. The van der Waals surface area contributed by atoms with E-state index in [1.807, 2.05) is 0 Å². The van der Waals surface area contributed by atoms with Gasteiger partial charge in [-0.25, -0.2) is 0 Å². The van der Waals surface area contributed by atoms with Crippen molar-refractivity contribution in [2.75, 3.05) is 0 Å². The van der Waals surface area contributed by atoms with Crippen molar-refractivity contribution in [3.8, 4) is 5.75 Å². The lowest BCUT2D eigenvalue weighted by molar-refractivity contribution is -0.384. The summed E-state index contributed by atoms with van der Waals surface area (Å²) in [5, 5.41) is 10.4. The molecule has 2 rings (SSSR count). The van der Waals surface area contributed by atoms with Gasteiger partial charge in [0.05, 0.1) is 17.8 Å². The Morgan fingerprint density at radius 2 is 1.72 bits per heavy atom. The number of nitrogens with zero attached hydrogens (tertiary/aromatic N) is 1. The van der Waals surface area contributed by atoms with Crippen molar-refractivity contribution in [1.29, 1.82) is 0 Å². The second-order valence-electron chi connectivity index (χ2n) is 3.75. The molecule has 1 aromatic rings. The number of cyclic esters (lactones) is 2. The van der Waals surface area contributed by atoms with E-state index in [9.17, 15) is 19.7 Å². The average molecular weight is 251 g/mol. The van der Waals surface area contributed by atoms with Crippen LogP contribution in [-0.4, -0.2) is 23.0 Å². The molecule has 0 amide bonds. The molecule has 1 heterocycles. The highest BCUT2D eigenvalue weighted by atomic mass is 16.6. The van der Waals surface area contributed by atoms with E-state index in [4.69, 9.17) is 4.74 Å². The number of carbonyl (C=O) groups is 2. The molecule has 1 aromatic carbocycles. The summed E-state index contributed by atoms with van der Waals surface area (Å²) in [5.41, 5.74) is -0.0542. The molecule has 0 unspecified atom stereocenters. The van der Waals surface area contributed by atoms with E-state index in [1.165, 1.54) is 24.3 Å². The number of nitro groups is 1. The standard InChI is InChI=1S/C11H9NO6/c13-10-5-9(6-11(14)18-10)17-8-3-1-7(2-4-8)12(15)16/h1-4,9H,5-6H2. The molecule has 0 aliphatic carbocycles. The molecule has 0 N–H and O–H groups in total. The molecular weight excluding hydrogens is 242 g/mol. The van der Waals surface area contributed by atoms with Crippen molar-refractivity contribution in [2.45, 2.75) is 18.9 Å². The topological polar surface area (TPSA) is 95.7 Å². The van der Waals surface area contributed by atoms with E-state index >= 15 is 0 Å². The normalized spacial score (nSPS) is 16.2. The number of benzene rings is 1. The summed E-state index contributed by atoms with van der Waals surface area (Å²) >= 11 is 0. The van der Waals surface area contributed by atoms with Crippen LogP contribution in [0.3, 0.4) is 0 Å². The first-order valence-electron chi connectivity index (χ1n) is 5.19. The van der Waals surface area contributed by atoms with Crippen LogP contribution in [0.2, 0.25) is 0 Å². The molecule has 0 atom stereocenters. The Labute approximate surface area is 101 Å². The van der Waals surface area contributed by atoms with Crippen molar-refractivity contribution < 1.29 is 24.0 Å². The van der Waals surface area contributed by atoms with E-state index in [0.717, 1.165) is 0 Å². The molecule has 0 radical (unpaired) electrons. The minimum atomic E-state index is -0.627. The van der Waals surface area contributed by atoms with Gasteiger partial charge in [0.2, 0.25) is 0 Å². The Hall–Kier alpha value is -2.44. The van der Waals surface area contributed by atoms with Crippen LogP contribution in [0, 0.1) is 10.1 Å². The third kappa shape index (κ3) is 2.82. The van der Waals surface area contributed by atoms with Gasteiger partial charge in [-0.15, -0.1) is 0 Å². The zero-order chi connectivity index (χ0) is 13.1. The van der Waals surface area contributed by atoms with Crippen LogP contribution in [0.4, 0.5) is 5.69 Å². The van der Waals surface area contributed by atoms with Crippen LogP contribution in [0.5, 0.6) is 5.75 Å². The van der Waals surface area contributed by atoms with Gasteiger partial charge in [0.25, 0.3) is 5.69 Å². The molecule has 0 spiro atoms. The number of esters is 2. The van der Waals surface area contributed by atoms with Gasteiger partial charge in [-0.1, -0.05) is 0 Å². The van der Waals surface area contributed by atoms with Crippen LogP contribution in [0.1, 0.15) is 12.8 Å². The van der Waals surface area contributed by atoms with Crippen molar-refractivity contribution >= 4 is 17.6 Å². The van der Waals surface area contributed by atoms with Gasteiger partial charge in [-0.2, -0.15) is 0 Å². The van der Waals surface area contributed by atoms with Gasteiger partial charge in [0, 0.05) is 12.1 Å². The van der Waals surface area contributed by atoms with Gasteiger partial charge in [0.1, 0.15) is 11.9 Å². The highest BCUT2D eigenvalue weighted by molar-refractivity contribution is 5.88. The fraction of sp³-hybridized carbons (Fsp3) is 0.273. The van der Waals surface area contributed by atoms with Crippen LogP contribution in [-0.2, 0) is 14.3 Å². The predicted octanol–water partition coefficient (Wildman–Crippen LogP) is 1.21. The highest BCUT2D eigenvalue weighted by Crippen LogP contribution is 2.21. The summed E-state index contributed by atoms with van der Waals surface area (Å²) in [5.74, 6) is -0.885. The fourth-order valence-electron chi connectivity index (χ4n) is 1.58. The molecule has 7 heteroatoms. The lowest BCUT2D eigenvalue weighted by Crippen LogP contribution is -2.32. The van der Waals surface area contributed by atoms with Crippen LogP contribution >= 0.6 is 0 Å². The van der Waals surface area contributed by atoms with E-state index in [2.05, 4.69) is 4.74 Å². The Bertz CT molecular complexity index is 479. The second kappa shape index (κ2) is 4.82. The van der Waals surface area contributed by atoms with E-state index in [0.29, 0.717) is 5.75 Å². The van der Waals surface area contributed by atoms with Gasteiger partial charge in [-0.05, 0) is 12.1 Å². The first-order chi connectivity index (χ1) is 8.54. The maximum absolute atomic E-state index is 11.0. The molecule has 1 saturated heterocycles. The minimum Gasteiger partial charge on any atom is -0.489 e. The van der Waals surface area contributed by atoms with Crippen LogP contribution < -0.4 is 4.74 Å². The zero-order valence-electron chi connectivity index (χ0n) is 9.20. The summed E-state index contributed by atoms with van der Waals surface area (Å²) in [6, 6.07) is 5.42. The molecule has 7 nitrogen and oxygen atoms in total. The summed E-state index contributed by atoms with van der Waals surface area (Å²) < 4.78 is 9.74. The summed E-state index contributed by atoms with van der Waals surface area (Å²) in [7, 11) is 0. The minimum absolute atomic E-state index is 0.0112. The van der Waals surface area contributed by atoms with E-state index < -0.39 is 23.0 Å². The summed E-state index contributed by atoms with van der Waals surface area (Å²) in [6.07, 6.45) is -0.606. The zero-order valence-corrected chi connectivity index (χ0v) is 9.20. The number of carbonyl (C=O) groups excluding carboxylic acids is 2. The predicted molar refractivity (Wildman–Crippen MR) is 57.8 cm³/mol. The molecule has 18 heavy (non-hydrogen) atoms. The molecule has 0 aromatic heterocycles. The van der Waals surface area contributed by atoms with Crippen molar-refractivity contribution in [1.82, 2.24) is 0 Å². The smallest absolute Gasteiger partial charge is 0.317 e. The molecular formula is C11H9NO6. The van der Waals surface area contributed by atoms with Crippen molar-refractivity contribution in [2.24, 2.45) is 0 Å². The first-order valence-corrected chi connectivity index (χ1v) is 5.19. The fourth-order valence-corrected chi connectivity index (χ4v) is 1.58. The number of non-ortho nitro benzene ring substituents is 1. The number of rotatable bonds is 3.